The van der Waals surface area contributed by atoms with E-state index in [9.17, 15) is 8.42 Å². The topological polar surface area (TPSA) is 55.2 Å². The second-order valence-electron chi connectivity index (χ2n) is 6.97. The summed E-state index contributed by atoms with van der Waals surface area (Å²) in [5, 5.41) is 4.47. The highest BCUT2D eigenvalue weighted by molar-refractivity contribution is 7.88. The average Bonchev–Trinajstić information content (AvgIpc) is 3.19. The molecule has 2 heterocycles. The third kappa shape index (κ3) is 4.12. The van der Waals surface area contributed by atoms with Gasteiger partial charge in [-0.25, -0.2) is 17.4 Å². The van der Waals surface area contributed by atoms with Crippen molar-refractivity contribution in [3.8, 4) is 5.69 Å². The first-order chi connectivity index (χ1) is 13.1. The summed E-state index contributed by atoms with van der Waals surface area (Å²) < 4.78 is 28.9. The second kappa shape index (κ2) is 7.66. The lowest BCUT2D eigenvalue weighted by Gasteiger charge is -2.30. The van der Waals surface area contributed by atoms with E-state index < -0.39 is 10.0 Å². The molecule has 1 aromatic heterocycles. The molecular formula is C21H23N3O2S. The minimum absolute atomic E-state index is 0.0739. The number of hydrogen-bond donors (Lipinski definition) is 0. The lowest BCUT2D eigenvalue weighted by Crippen LogP contribution is -2.38. The van der Waals surface area contributed by atoms with Crippen LogP contribution in [0.2, 0.25) is 0 Å². The molecule has 0 spiro atoms. The van der Waals surface area contributed by atoms with Crippen LogP contribution in [0.3, 0.4) is 0 Å². The van der Waals surface area contributed by atoms with E-state index in [1.165, 1.54) is 5.56 Å². The quantitative estimate of drug-likeness (QED) is 0.679. The molecule has 1 saturated heterocycles. The predicted octanol–water partition coefficient (Wildman–Crippen LogP) is 3.58. The van der Waals surface area contributed by atoms with Crippen molar-refractivity contribution in [2.24, 2.45) is 0 Å². The standard InChI is InChI=1S/C21H23N3O2S/c25-27(26,17-18-7-3-1-4-8-18)23-13-11-19(12-14-23)20-15-22-24(16-20)21-9-5-2-6-10-21/h1-10,15-16,19H,11-14,17H2. The molecule has 4 rings (SSSR count). The van der Waals surface area contributed by atoms with Crippen LogP contribution in [0.4, 0.5) is 0 Å². The SMILES string of the molecule is O=S(=O)(Cc1ccccc1)N1CCC(c2cnn(-c3ccccc3)c2)CC1. The molecule has 5 nitrogen and oxygen atoms in total. The molecule has 140 valence electrons. The lowest BCUT2D eigenvalue weighted by molar-refractivity contribution is 0.319. The summed E-state index contributed by atoms with van der Waals surface area (Å²) in [6, 6.07) is 19.4. The summed E-state index contributed by atoms with van der Waals surface area (Å²) in [6.07, 6.45) is 5.63. The van der Waals surface area contributed by atoms with Crippen molar-refractivity contribution in [3.63, 3.8) is 0 Å². The van der Waals surface area contributed by atoms with E-state index in [0.717, 1.165) is 24.1 Å². The summed E-state index contributed by atoms with van der Waals surface area (Å²) in [5.74, 6) is 0.426. The van der Waals surface area contributed by atoms with Crippen LogP contribution < -0.4 is 0 Å². The zero-order chi connectivity index (χ0) is 18.7. The molecule has 1 aliphatic heterocycles. The van der Waals surface area contributed by atoms with E-state index in [1.807, 2.05) is 71.5 Å². The third-order valence-corrected chi connectivity index (χ3v) is 6.98. The van der Waals surface area contributed by atoms with Crippen LogP contribution >= 0.6 is 0 Å². The summed E-state index contributed by atoms with van der Waals surface area (Å²) in [4.78, 5) is 0. The largest absolute Gasteiger partial charge is 0.241 e. The normalized spacial score (nSPS) is 16.4. The monoisotopic (exact) mass is 381 g/mol. The Morgan fingerprint density at radius 2 is 1.56 bits per heavy atom. The summed E-state index contributed by atoms with van der Waals surface area (Å²) >= 11 is 0. The van der Waals surface area contributed by atoms with E-state index in [2.05, 4.69) is 11.3 Å². The molecular weight excluding hydrogens is 358 g/mol. The zero-order valence-corrected chi connectivity index (χ0v) is 15.9. The van der Waals surface area contributed by atoms with Gasteiger partial charge in [-0.05, 0) is 42.0 Å². The number of aromatic nitrogens is 2. The van der Waals surface area contributed by atoms with Crippen molar-refractivity contribution >= 4 is 10.0 Å². The number of sulfonamides is 1. The van der Waals surface area contributed by atoms with Gasteiger partial charge in [0, 0.05) is 19.3 Å². The molecule has 0 amide bonds. The van der Waals surface area contributed by atoms with Gasteiger partial charge in [0.25, 0.3) is 0 Å². The van der Waals surface area contributed by atoms with Crippen molar-refractivity contribution < 1.29 is 8.42 Å². The van der Waals surface area contributed by atoms with Crippen molar-refractivity contribution in [2.75, 3.05) is 13.1 Å². The van der Waals surface area contributed by atoms with E-state index in [4.69, 9.17) is 0 Å². The average molecular weight is 382 g/mol. The highest BCUT2D eigenvalue weighted by Gasteiger charge is 2.29. The van der Waals surface area contributed by atoms with Gasteiger partial charge in [0.2, 0.25) is 10.0 Å². The predicted molar refractivity (Wildman–Crippen MR) is 106 cm³/mol. The number of hydrogen-bond acceptors (Lipinski definition) is 3. The van der Waals surface area contributed by atoms with E-state index >= 15 is 0 Å². The van der Waals surface area contributed by atoms with Crippen molar-refractivity contribution in [2.45, 2.75) is 24.5 Å². The van der Waals surface area contributed by atoms with Crippen molar-refractivity contribution in [3.05, 3.63) is 84.2 Å². The van der Waals surface area contributed by atoms with Crippen molar-refractivity contribution in [1.82, 2.24) is 14.1 Å². The Bertz CT molecular complexity index is 977. The molecule has 0 bridgehead atoms. The molecule has 2 aromatic carbocycles. The van der Waals surface area contributed by atoms with E-state index in [0.29, 0.717) is 19.0 Å². The second-order valence-corrected chi connectivity index (χ2v) is 8.94. The molecule has 27 heavy (non-hydrogen) atoms. The van der Waals surface area contributed by atoms with Gasteiger partial charge in [-0.1, -0.05) is 48.5 Å². The van der Waals surface area contributed by atoms with Crippen LogP contribution in [-0.2, 0) is 15.8 Å². The maximum Gasteiger partial charge on any atom is 0.218 e. The first-order valence-electron chi connectivity index (χ1n) is 9.23. The third-order valence-electron chi connectivity index (χ3n) is 5.13. The lowest BCUT2D eigenvalue weighted by atomic mass is 9.93. The Hall–Kier alpha value is -2.44. The maximum absolute atomic E-state index is 12.7. The van der Waals surface area contributed by atoms with Crippen LogP contribution in [0.15, 0.2) is 73.1 Å². The van der Waals surface area contributed by atoms with Gasteiger partial charge < -0.3 is 0 Å². The molecule has 0 unspecified atom stereocenters. The van der Waals surface area contributed by atoms with Gasteiger partial charge in [0.05, 0.1) is 17.6 Å². The zero-order valence-electron chi connectivity index (χ0n) is 15.1. The van der Waals surface area contributed by atoms with Gasteiger partial charge in [0.15, 0.2) is 0 Å². The summed E-state index contributed by atoms with van der Waals surface area (Å²) in [6.45, 7) is 1.13. The number of benzene rings is 2. The number of rotatable bonds is 5. The number of nitrogens with zero attached hydrogens (tertiary/aromatic N) is 3. The van der Waals surface area contributed by atoms with Crippen molar-refractivity contribution in [1.29, 1.82) is 0 Å². The molecule has 6 heteroatoms. The van der Waals surface area contributed by atoms with Crippen LogP contribution in [0.1, 0.15) is 29.9 Å². The molecule has 3 aromatic rings. The summed E-state index contributed by atoms with van der Waals surface area (Å²) in [5.41, 5.74) is 3.05. The fourth-order valence-corrected chi connectivity index (χ4v) is 5.18. The van der Waals surface area contributed by atoms with Gasteiger partial charge in [-0.2, -0.15) is 5.10 Å². The smallest absolute Gasteiger partial charge is 0.218 e. The number of para-hydroxylation sites is 1. The highest BCUT2D eigenvalue weighted by atomic mass is 32.2. The van der Waals surface area contributed by atoms with Crippen LogP contribution in [0.25, 0.3) is 5.69 Å². The Kier molecular flexibility index (Phi) is 5.09. The first-order valence-corrected chi connectivity index (χ1v) is 10.8. The molecule has 1 aliphatic rings. The molecule has 0 atom stereocenters. The fraction of sp³-hybridized carbons (Fsp3) is 0.286. The van der Waals surface area contributed by atoms with Crippen LogP contribution in [-0.4, -0.2) is 35.6 Å². The Morgan fingerprint density at radius 3 is 2.22 bits per heavy atom. The first kappa shape index (κ1) is 17.9. The molecule has 0 N–H and O–H groups in total. The van der Waals surface area contributed by atoms with Crippen LogP contribution in [0.5, 0.6) is 0 Å². The Labute approximate surface area is 160 Å². The minimum atomic E-state index is -3.27. The summed E-state index contributed by atoms with van der Waals surface area (Å²) in [7, 11) is -3.27. The fourth-order valence-electron chi connectivity index (χ4n) is 3.61. The van der Waals surface area contributed by atoms with Crippen LogP contribution in [0, 0.1) is 0 Å². The minimum Gasteiger partial charge on any atom is -0.241 e. The Balaban J connectivity index is 1.40. The van der Waals surface area contributed by atoms with E-state index in [1.54, 1.807) is 4.31 Å². The molecule has 1 fully saturated rings. The van der Waals surface area contributed by atoms with Gasteiger partial charge in [-0.3, -0.25) is 0 Å². The van der Waals surface area contributed by atoms with E-state index in [-0.39, 0.29) is 5.75 Å². The molecule has 0 aliphatic carbocycles. The van der Waals surface area contributed by atoms with Gasteiger partial charge in [0.1, 0.15) is 0 Å². The maximum atomic E-state index is 12.7. The molecule has 0 saturated carbocycles. The Morgan fingerprint density at radius 1 is 0.926 bits per heavy atom. The van der Waals surface area contributed by atoms with Gasteiger partial charge in [-0.15, -0.1) is 0 Å². The number of piperidine rings is 1. The van der Waals surface area contributed by atoms with Gasteiger partial charge >= 0.3 is 0 Å². The molecule has 0 radical (unpaired) electrons. The highest BCUT2D eigenvalue weighted by Crippen LogP contribution is 2.30.